The Morgan fingerprint density at radius 1 is 1.22 bits per heavy atom. The van der Waals surface area contributed by atoms with Crippen molar-refractivity contribution in [3.05, 3.63) is 64.3 Å². The van der Waals surface area contributed by atoms with Crippen molar-refractivity contribution >= 4 is 85.8 Å². The van der Waals surface area contributed by atoms with Crippen molar-refractivity contribution < 1.29 is 19.6 Å². The Balaban J connectivity index is 2.22. The minimum atomic E-state index is -1.14. The molecule has 2 rings (SSSR count). The van der Waals surface area contributed by atoms with Crippen molar-refractivity contribution in [3.63, 3.8) is 0 Å². The van der Waals surface area contributed by atoms with Crippen molar-refractivity contribution in [1.82, 2.24) is 5.32 Å². The van der Waals surface area contributed by atoms with Gasteiger partial charge in [0.25, 0.3) is 11.6 Å². The van der Waals surface area contributed by atoms with E-state index in [1.54, 1.807) is 13.0 Å². The molecule has 0 radical (unpaired) electrons. The van der Waals surface area contributed by atoms with Crippen molar-refractivity contribution in [1.29, 1.82) is 0 Å². The SMILES string of the molecule is Cc1ccc(C(=O)NC(=S)Nc2c(I)cc(I)cc2C(=O)O)cc1[N+](=O)[O-]. The predicted molar refractivity (Wildman–Crippen MR) is 120 cm³/mol. The number of thiocarbonyl (C=S) groups is 1. The van der Waals surface area contributed by atoms with Gasteiger partial charge in [-0.15, -0.1) is 0 Å². The molecule has 0 aliphatic heterocycles. The summed E-state index contributed by atoms with van der Waals surface area (Å²) in [5.41, 5.74) is 0.573. The molecule has 0 aromatic heterocycles. The maximum absolute atomic E-state index is 12.3. The smallest absolute Gasteiger partial charge is 0.337 e. The highest BCUT2D eigenvalue weighted by Gasteiger charge is 2.18. The van der Waals surface area contributed by atoms with Crippen LogP contribution in [0.2, 0.25) is 0 Å². The zero-order valence-corrected chi connectivity index (χ0v) is 18.7. The number of hydrogen-bond donors (Lipinski definition) is 3. The monoisotopic (exact) mass is 611 g/mol. The number of nitro benzene ring substituents is 1. The number of anilines is 1. The number of aryl methyl sites for hydroxylation is 1. The van der Waals surface area contributed by atoms with Gasteiger partial charge >= 0.3 is 5.97 Å². The van der Waals surface area contributed by atoms with Gasteiger partial charge in [-0.1, -0.05) is 6.07 Å². The van der Waals surface area contributed by atoms with Crippen LogP contribution in [-0.4, -0.2) is 27.0 Å². The summed E-state index contributed by atoms with van der Waals surface area (Å²) >= 11 is 9.05. The van der Waals surface area contributed by atoms with Gasteiger partial charge in [-0.3, -0.25) is 20.2 Å². The number of hydrogen-bond acceptors (Lipinski definition) is 5. The standard InChI is InChI=1S/C16H11I2N3O5S/c1-7-2-3-8(4-12(7)21(25)26)14(22)20-16(27)19-13-10(15(23)24)5-9(17)6-11(13)18/h2-6H,1H3,(H,23,24)(H2,19,20,22,27). The lowest BCUT2D eigenvalue weighted by molar-refractivity contribution is -0.385. The van der Waals surface area contributed by atoms with Crippen LogP contribution in [0.3, 0.4) is 0 Å². The zero-order chi connectivity index (χ0) is 20.3. The van der Waals surface area contributed by atoms with Crippen LogP contribution in [0.1, 0.15) is 26.3 Å². The Morgan fingerprint density at radius 2 is 1.89 bits per heavy atom. The molecule has 0 fully saturated rings. The van der Waals surface area contributed by atoms with Crippen LogP contribution < -0.4 is 10.6 Å². The number of benzene rings is 2. The minimum absolute atomic E-state index is 0.00822. The Hall–Kier alpha value is -1.87. The third-order valence-electron chi connectivity index (χ3n) is 3.42. The molecule has 11 heteroatoms. The second kappa shape index (κ2) is 8.88. The molecule has 27 heavy (non-hydrogen) atoms. The Morgan fingerprint density at radius 3 is 2.48 bits per heavy atom. The first-order valence-corrected chi connectivity index (χ1v) is 9.76. The Kier molecular flexibility index (Phi) is 7.05. The van der Waals surface area contributed by atoms with E-state index in [1.807, 2.05) is 45.2 Å². The summed E-state index contributed by atoms with van der Waals surface area (Å²) in [6.07, 6.45) is 0. The summed E-state index contributed by atoms with van der Waals surface area (Å²) in [5.74, 6) is -1.79. The minimum Gasteiger partial charge on any atom is -0.478 e. The molecular weight excluding hydrogens is 600 g/mol. The van der Waals surface area contributed by atoms with Crippen LogP contribution >= 0.6 is 57.4 Å². The van der Waals surface area contributed by atoms with Gasteiger partial charge in [0.2, 0.25) is 0 Å². The molecule has 0 aliphatic rings. The molecule has 0 atom stereocenters. The van der Waals surface area contributed by atoms with Gasteiger partial charge < -0.3 is 10.4 Å². The molecule has 0 saturated heterocycles. The first-order chi connectivity index (χ1) is 12.6. The maximum atomic E-state index is 12.3. The fourth-order valence-electron chi connectivity index (χ4n) is 2.14. The van der Waals surface area contributed by atoms with E-state index in [0.29, 0.717) is 9.13 Å². The van der Waals surface area contributed by atoms with Crippen molar-refractivity contribution in [3.8, 4) is 0 Å². The van der Waals surface area contributed by atoms with E-state index in [1.165, 1.54) is 18.2 Å². The lowest BCUT2D eigenvalue weighted by Gasteiger charge is -2.14. The number of rotatable bonds is 4. The van der Waals surface area contributed by atoms with Gasteiger partial charge in [0.1, 0.15) is 0 Å². The van der Waals surface area contributed by atoms with Gasteiger partial charge in [0.05, 0.1) is 16.2 Å². The highest BCUT2D eigenvalue weighted by atomic mass is 127. The number of nitrogens with one attached hydrogen (secondary N) is 2. The van der Waals surface area contributed by atoms with Crippen LogP contribution in [0.4, 0.5) is 11.4 Å². The maximum Gasteiger partial charge on any atom is 0.337 e. The molecule has 2 aromatic carbocycles. The number of carbonyl (C=O) groups is 2. The second-order valence-corrected chi connectivity index (χ2v) is 8.10. The van der Waals surface area contributed by atoms with Crippen LogP contribution in [-0.2, 0) is 0 Å². The zero-order valence-electron chi connectivity index (χ0n) is 13.6. The van der Waals surface area contributed by atoms with E-state index in [2.05, 4.69) is 10.6 Å². The summed E-state index contributed by atoms with van der Waals surface area (Å²) in [6.45, 7) is 1.57. The fraction of sp³-hybridized carbons (Fsp3) is 0.0625. The number of halogens is 2. The third kappa shape index (κ3) is 5.32. The average molecular weight is 611 g/mol. The molecule has 0 unspecified atom stereocenters. The number of amides is 1. The van der Waals surface area contributed by atoms with E-state index in [-0.39, 0.29) is 27.6 Å². The first kappa shape index (κ1) is 21.4. The molecule has 0 spiro atoms. The normalized spacial score (nSPS) is 10.2. The van der Waals surface area contributed by atoms with Gasteiger partial charge in [0.15, 0.2) is 5.11 Å². The number of carbonyl (C=O) groups excluding carboxylic acids is 1. The second-order valence-electron chi connectivity index (χ2n) is 5.28. The number of nitro groups is 1. The summed E-state index contributed by atoms with van der Waals surface area (Å²) < 4.78 is 1.35. The highest BCUT2D eigenvalue weighted by Crippen LogP contribution is 2.26. The summed E-state index contributed by atoms with van der Waals surface area (Å²) in [5, 5.41) is 25.3. The number of carboxylic acid groups (broad SMARTS) is 1. The molecule has 3 N–H and O–H groups in total. The van der Waals surface area contributed by atoms with Gasteiger partial charge in [0, 0.05) is 24.3 Å². The van der Waals surface area contributed by atoms with Gasteiger partial charge in [-0.2, -0.15) is 0 Å². The van der Waals surface area contributed by atoms with E-state index >= 15 is 0 Å². The average Bonchev–Trinajstić information content (AvgIpc) is 2.56. The van der Waals surface area contributed by atoms with E-state index in [4.69, 9.17) is 12.2 Å². The third-order valence-corrected chi connectivity index (χ3v) is 5.10. The molecule has 1 amide bonds. The quantitative estimate of drug-likeness (QED) is 0.208. The number of aromatic carboxylic acids is 1. The molecule has 0 saturated carbocycles. The lowest BCUT2D eigenvalue weighted by atomic mass is 10.1. The Labute approximate surface area is 186 Å². The van der Waals surface area contributed by atoms with Crippen molar-refractivity contribution in [2.24, 2.45) is 0 Å². The number of carboxylic acids is 1. The largest absolute Gasteiger partial charge is 0.478 e. The van der Waals surface area contributed by atoms with E-state index in [0.717, 1.165) is 9.64 Å². The van der Waals surface area contributed by atoms with Crippen LogP contribution in [0.15, 0.2) is 30.3 Å². The van der Waals surface area contributed by atoms with Gasteiger partial charge in [-0.25, -0.2) is 4.79 Å². The molecule has 0 aliphatic carbocycles. The summed E-state index contributed by atoms with van der Waals surface area (Å²) in [6, 6.07) is 7.29. The van der Waals surface area contributed by atoms with E-state index in [9.17, 15) is 24.8 Å². The molecule has 0 heterocycles. The molecule has 0 bridgehead atoms. The number of nitrogens with zero attached hydrogens (tertiary/aromatic N) is 1. The fourth-order valence-corrected chi connectivity index (χ4v) is 4.31. The predicted octanol–water partition coefficient (Wildman–Crippen LogP) is 3.94. The van der Waals surface area contributed by atoms with Crippen LogP contribution in [0.25, 0.3) is 0 Å². The lowest BCUT2D eigenvalue weighted by Crippen LogP contribution is -2.34. The summed E-state index contributed by atoms with van der Waals surface area (Å²) in [7, 11) is 0. The molecule has 8 nitrogen and oxygen atoms in total. The van der Waals surface area contributed by atoms with E-state index < -0.39 is 16.8 Å². The topological polar surface area (TPSA) is 122 Å². The highest BCUT2D eigenvalue weighted by molar-refractivity contribution is 14.1. The molecule has 140 valence electrons. The van der Waals surface area contributed by atoms with Gasteiger partial charge in [-0.05, 0) is 82.5 Å². The molecule has 2 aromatic rings. The van der Waals surface area contributed by atoms with Crippen LogP contribution in [0.5, 0.6) is 0 Å². The Bertz CT molecular complexity index is 981. The molecular formula is C16H11I2N3O5S. The van der Waals surface area contributed by atoms with Crippen LogP contribution in [0, 0.1) is 24.2 Å². The summed E-state index contributed by atoms with van der Waals surface area (Å²) in [4.78, 5) is 34.2. The van der Waals surface area contributed by atoms with Crippen molar-refractivity contribution in [2.45, 2.75) is 6.92 Å². The van der Waals surface area contributed by atoms with Crippen molar-refractivity contribution in [2.75, 3.05) is 5.32 Å². The first-order valence-electron chi connectivity index (χ1n) is 7.20.